The molecule has 1 aromatic heterocycles. The Morgan fingerprint density at radius 1 is 1.08 bits per heavy atom. The highest BCUT2D eigenvalue weighted by molar-refractivity contribution is 6.74. The predicted molar refractivity (Wildman–Crippen MR) is 143 cm³/mol. The van der Waals surface area contributed by atoms with Crippen LogP contribution in [0.4, 0.5) is 13.2 Å². The number of aliphatic hydroxyl groups excluding tert-OH is 1. The monoisotopic (exact) mass is 537 g/mol. The zero-order chi connectivity index (χ0) is 28.1. The van der Waals surface area contributed by atoms with E-state index in [0.29, 0.717) is 11.1 Å². The molecule has 4 nitrogen and oxygen atoms in total. The number of alkyl halides is 3. The van der Waals surface area contributed by atoms with Crippen molar-refractivity contribution in [1.82, 2.24) is 4.98 Å². The van der Waals surface area contributed by atoms with Crippen LogP contribution in [0.5, 0.6) is 5.75 Å². The molecule has 1 aromatic carbocycles. The SMILES string of the molecule is Cc1c2c(nc(C(C)C)c1C(O)c1ccc(OC(F)(F)F)cc1)CC(C)(C)CC2O[Si](C)(C)C(C)(C)C. The van der Waals surface area contributed by atoms with Crippen LogP contribution in [-0.4, -0.2) is 24.8 Å². The Morgan fingerprint density at radius 2 is 1.65 bits per heavy atom. The standard InChI is InChI=1S/C29H42F3NO3Si/c1-17(2)25-24(26(34)19-11-13-20(14-12-19)35-29(30,31)32)18(3)23-21(33-25)15-28(7,8)16-22(23)36-37(9,10)27(4,5)6/h11-14,17,22,26,34H,15-16H2,1-10H3. The van der Waals surface area contributed by atoms with Crippen LogP contribution < -0.4 is 4.74 Å². The fraction of sp³-hybridized carbons (Fsp3) is 0.621. The number of nitrogens with zero attached hydrogens (tertiary/aromatic N) is 1. The van der Waals surface area contributed by atoms with Gasteiger partial charge in [-0.05, 0) is 72.5 Å². The van der Waals surface area contributed by atoms with Gasteiger partial charge in [-0.1, -0.05) is 60.6 Å². The summed E-state index contributed by atoms with van der Waals surface area (Å²) in [5, 5.41) is 11.6. The molecule has 2 unspecified atom stereocenters. The summed E-state index contributed by atoms with van der Waals surface area (Å²) < 4.78 is 48.8. The Balaban J connectivity index is 2.13. The normalized spacial score (nSPS) is 19.1. The van der Waals surface area contributed by atoms with Crippen LogP contribution in [0.1, 0.15) is 107 Å². The van der Waals surface area contributed by atoms with Crippen molar-refractivity contribution in [3.8, 4) is 5.75 Å². The molecule has 0 amide bonds. The van der Waals surface area contributed by atoms with Gasteiger partial charge in [-0.2, -0.15) is 0 Å². The summed E-state index contributed by atoms with van der Waals surface area (Å²) in [5.41, 5.74) is 5.05. The smallest absolute Gasteiger partial charge is 0.410 e. The minimum atomic E-state index is -4.77. The second-order valence-electron chi connectivity index (χ2n) is 13.0. The summed E-state index contributed by atoms with van der Waals surface area (Å²) in [7, 11) is -2.11. The van der Waals surface area contributed by atoms with E-state index in [2.05, 4.69) is 52.4 Å². The van der Waals surface area contributed by atoms with Crippen LogP contribution in [0.2, 0.25) is 18.1 Å². The maximum Gasteiger partial charge on any atom is 0.573 e. The highest BCUT2D eigenvalue weighted by Crippen LogP contribution is 2.49. The first-order valence-corrected chi connectivity index (χ1v) is 15.9. The molecule has 0 fully saturated rings. The molecule has 0 aliphatic heterocycles. The van der Waals surface area contributed by atoms with E-state index in [9.17, 15) is 18.3 Å². The second-order valence-corrected chi connectivity index (χ2v) is 17.7. The van der Waals surface area contributed by atoms with Gasteiger partial charge >= 0.3 is 6.36 Å². The summed E-state index contributed by atoms with van der Waals surface area (Å²) >= 11 is 0. The minimum absolute atomic E-state index is 0.0160. The van der Waals surface area contributed by atoms with Gasteiger partial charge in [-0.25, -0.2) is 0 Å². The maximum absolute atomic E-state index is 12.6. The highest BCUT2D eigenvalue weighted by atomic mass is 28.4. The van der Waals surface area contributed by atoms with Crippen molar-refractivity contribution in [2.45, 2.75) is 111 Å². The number of halogens is 3. The molecule has 8 heteroatoms. The van der Waals surface area contributed by atoms with E-state index in [-0.39, 0.29) is 28.2 Å². The lowest BCUT2D eigenvalue weighted by Gasteiger charge is -2.45. The molecule has 0 saturated carbocycles. The van der Waals surface area contributed by atoms with Gasteiger partial charge in [-0.15, -0.1) is 13.2 Å². The van der Waals surface area contributed by atoms with Crippen LogP contribution in [0, 0.1) is 12.3 Å². The van der Waals surface area contributed by atoms with E-state index in [0.717, 1.165) is 35.4 Å². The molecular weight excluding hydrogens is 495 g/mol. The van der Waals surface area contributed by atoms with Crippen LogP contribution in [0.25, 0.3) is 0 Å². The van der Waals surface area contributed by atoms with Crippen molar-refractivity contribution in [2.75, 3.05) is 0 Å². The van der Waals surface area contributed by atoms with Gasteiger partial charge in [0.15, 0.2) is 8.32 Å². The molecule has 2 atom stereocenters. The Bertz CT molecular complexity index is 1120. The lowest BCUT2D eigenvalue weighted by atomic mass is 9.72. The summed E-state index contributed by atoms with van der Waals surface area (Å²) in [6, 6.07) is 5.41. The van der Waals surface area contributed by atoms with E-state index in [1.54, 1.807) is 0 Å². The third-order valence-corrected chi connectivity index (χ3v) is 12.3. The lowest BCUT2D eigenvalue weighted by molar-refractivity contribution is -0.274. The quantitative estimate of drug-likeness (QED) is 0.375. The van der Waals surface area contributed by atoms with Crippen molar-refractivity contribution in [1.29, 1.82) is 0 Å². The number of hydrogen-bond donors (Lipinski definition) is 1. The van der Waals surface area contributed by atoms with E-state index >= 15 is 0 Å². The fourth-order valence-corrected chi connectivity index (χ4v) is 6.21. The zero-order valence-corrected chi connectivity index (χ0v) is 24.8. The van der Waals surface area contributed by atoms with Gasteiger partial charge in [0.1, 0.15) is 11.9 Å². The average Bonchev–Trinajstić information content (AvgIpc) is 2.70. The molecule has 1 heterocycles. The van der Waals surface area contributed by atoms with Gasteiger partial charge < -0.3 is 14.3 Å². The van der Waals surface area contributed by atoms with Gasteiger partial charge in [0, 0.05) is 22.5 Å². The van der Waals surface area contributed by atoms with Crippen molar-refractivity contribution in [3.05, 3.63) is 57.9 Å². The molecule has 0 bridgehead atoms. The number of aliphatic hydroxyl groups is 1. The first-order valence-electron chi connectivity index (χ1n) is 13.0. The van der Waals surface area contributed by atoms with Gasteiger partial charge in [-0.3, -0.25) is 4.98 Å². The molecule has 37 heavy (non-hydrogen) atoms. The molecule has 2 aromatic rings. The summed E-state index contributed by atoms with van der Waals surface area (Å²) in [4.78, 5) is 5.13. The van der Waals surface area contributed by atoms with Crippen LogP contribution >= 0.6 is 0 Å². The topological polar surface area (TPSA) is 51.6 Å². The molecule has 0 radical (unpaired) electrons. The molecule has 1 aliphatic carbocycles. The Morgan fingerprint density at radius 3 is 2.14 bits per heavy atom. The minimum Gasteiger partial charge on any atom is -0.410 e. The zero-order valence-electron chi connectivity index (χ0n) is 23.8. The molecular formula is C29H42F3NO3Si. The number of benzene rings is 1. The first-order chi connectivity index (χ1) is 16.7. The summed E-state index contributed by atoms with van der Waals surface area (Å²) in [5.74, 6) is -0.274. The summed E-state index contributed by atoms with van der Waals surface area (Å²) in [6.45, 7) is 21.8. The molecule has 0 spiro atoms. The number of pyridine rings is 1. The Labute approximate surface area is 220 Å². The lowest BCUT2D eigenvalue weighted by Crippen LogP contribution is -2.44. The third kappa shape index (κ3) is 6.57. The molecule has 1 aliphatic rings. The molecule has 0 saturated heterocycles. The highest BCUT2D eigenvalue weighted by Gasteiger charge is 2.44. The number of aromatic nitrogens is 1. The predicted octanol–water partition coefficient (Wildman–Crippen LogP) is 8.53. The number of hydrogen-bond acceptors (Lipinski definition) is 4. The van der Waals surface area contributed by atoms with E-state index in [1.165, 1.54) is 24.3 Å². The van der Waals surface area contributed by atoms with Crippen LogP contribution in [-0.2, 0) is 10.8 Å². The van der Waals surface area contributed by atoms with E-state index in [1.807, 2.05) is 20.8 Å². The average molecular weight is 538 g/mol. The van der Waals surface area contributed by atoms with Crippen molar-refractivity contribution in [2.24, 2.45) is 5.41 Å². The van der Waals surface area contributed by atoms with E-state index in [4.69, 9.17) is 9.41 Å². The van der Waals surface area contributed by atoms with Crippen LogP contribution in [0.15, 0.2) is 24.3 Å². The van der Waals surface area contributed by atoms with Gasteiger partial charge in [0.2, 0.25) is 0 Å². The third-order valence-electron chi connectivity index (χ3n) is 7.85. The molecule has 206 valence electrons. The summed E-state index contributed by atoms with van der Waals surface area (Å²) in [6.07, 6.45) is -4.27. The molecule has 1 N–H and O–H groups in total. The van der Waals surface area contributed by atoms with Crippen molar-refractivity contribution >= 4 is 8.32 Å². The van der Waals surface area contributed by atoms with Crippen molar-refractivity contribution in [3.63, 3.8) is 0 Å². The van der Waals surface area contributed by atoms with Gasteiger partial charge in [0.25, 0.3) is 0 Å². The number of rotatable bonds is 6. The molecule has 3 rings (SSSR count). The Hall–Kier alpha value is -1.90. The van der Waals surface area contributed by atoms with Gasteiger partial charge in [0.05, 0.1) is 6.10 Å². The first kappa shape index (κ1) is 29.6. The van der Waals surface area contributed by atoms with Crippen molar-refractivity contribution < 1.29 is 27.4 Å². The second kappa shape index (κ2) is 10.0. The van der Waals surface area contributed by atoms with Crippen LogP contribution in [0.3, 0.4) is 0 Å². The number of fused-ring (bicyclic) bond motifs is 1. The fourth-order valence-electron chi connectivity index (χ4n) is 4.95. The van der Waals surface area contributed by atoms with E-state index < -0.39 is 20.8 Å². The number of ether oxygens (including phenoxy) is 1. The Kier molecular flexibility index (Phi) is 8.02. The largest absolute Gasteiger partial charge is 0.573 e. The maximum atomic E-state index is 12.6.